The van der Waals surface area contributed by atoms with Gasteiger partial charge in [-0.15, -0.1) is 11.8 Å². The molecule has 0 aliphatic rings. The van der Waals surface area contributed by atoms with Crippen LogP contribution in [0.15, 0.2) is 71.9 Å². The molecule has 0 saturated carbocycles. The SMILES string of the molecule is NC(=O)c1cccc(NC(=O)c2cccnc2SCc2ccc(F)cc2)c1. The zero-order valence-electron chi connectivity index (χ0n) is 14.2. The summed E-state index contributed by atoms with van der Waals surface area (Å²) in [5.41, 5.74) is 7.38. The summed E-state index contributed by atoms with van der Waals surface area (Å²) in [7, 11) is 0. The van der Waals surface area contributed by atoms with Gasteiger partial charge in [-0.2, -0.15) is 0 Å². The van der Waals surface area contributed by atoms with Crippen LogP contribution >= 0.6 is 11.8 Å². The second-order valence-electron chi connectivity index (χ2n) is 5.67. The van der Waals surface area contributed by atoms with E-state index in [1.165, 1.54) is 30.0 Å². The minimum atomic E-state index is -0.567. The minimum Gasteiger partial charge on any atom is -0.366 e. The molecule has 0 spiro atoms. The van der Waals surface area contributed by atoms with Gasteiger partial charge in [-0.25, -0.2) is 9.37 Å². The fourth-order valence-electron chi connectivity index (χ4n) is 2.36. The predicted octanol–water partition coefficient (Wildman–Crippen LogP) is 3.86. The van der Waals surface area contributed by atoms with Crippen LogP contribution < -0.4 is 11.1 Å². The van der Waals surface area contributed by atoms with Crippen LogP contribution in [0.3, 0.4) is 0 Å². The fraction of sp³-hybridized carbons (Fsp3) is 0.0500. The Balaban J connectivity index is 1.74. The largest absolute Gasteiger partial charge is 0.366 e. The van der Waals surface area contributed by atoms with Crippen molar-refractivity contribution in [2.24, 2.45) is 5.73 Å². The summed E-state index contributed by atoms with van der Waals surface area (Å²) in [6, 6.07) is 15.9. The number of anilines is 1. The fourth-order valence-corrected chi connectivity index (χ4v) is 3.31. The van der Waals surface area contributed by atoms with Gasteiger partial charge in [0, 0.05) is 23.2 Å². The van der Waals surface area contributed by atoms with E-state index >= 15 is 0 Å². The molecule has 0 aliphatic carbocycles. The Morgan fingerprint density at radius 3 is 2.59 bits per heavy atom. The zero-order chi connectivity index (χ0) is 19.2. The van der Waals surface area contributed by atoms with Crippen molar-refractivity contribution in [1.29, 1.82) is 0 Å². The average Bonchev–Trinajstić information content (AvgIpc) is 2.68. The maximum Gasteiger partial charge on any atom is 0.258 e. The van der Waals surface area contributed by atoms with Crippen LogP contribution in [0.1, 0.15) is 26.3 Å². The van der Waals surface area contributed by atoms with E-state index in [0.29, 0.717) is 27.6 Å². The number of nitrogens with one attached hydrogen (secondary N) is 1. The highest BCUT2D eigenvalue weighted by molar-refractivity contribution is 7.98. The van der Waals surface area contributed by atoms with Crippen molar-refractivity contribution in [2.45, 2.75) is 10.8 Å². The maximum absolute atomic E-state index is 13.0. The minimum absolute atomic E-state index is 0.292. The number of hydrogen-bond acceptors (Lipinski definition) is 4. The van der Waals surface area contributed by atoms with Gasteiger partial charge in [0.2, 0.25) is 5.91 Å². The number of carbonyl (C=O) groups excluding carboxylic acids is 2. The van der Waals surface area contributed by atoms with Gasteiger partial charge in [0.25, 0.3) is 5.91 Å². The normalized spacial score (nSPS) is 10.4. The lowest BCUT2D eigenvalue weighted by Crippen LogP contribution is -2.15. The first-order valence-electron chi connectivity index (χ1n) is 8.06. The van der Waals surface area contributed by atoms with Crippen molar-refractivity contribution >= 4 is 29.3 Å². The Bertz CT molecular complexity index is 977. The number of amides is 2. The number of halogens is 1. The summed E-state index contributed by atoms with van der Waals surface area (Å²) in [5.74, 6) is -0.649. The lowest BCUT2D eigenvalue weighted by atomic mass is 10.2. The van der Waals surface area contributed by atoms with E-state index in [4.69, 9.17) is 5.73 Å². The van der Waals surface area contributed by atoms with Gasteiger partial charge in [0.05, 0.1) is 5.56 Å². The summed E-state index contributed by atoms with van der Waals surface area (Å²) < 4.78 is 13.0. The van der Waals surface area contributed by atoms with Crippen molar-refractivity contribution in [3.05, 3.63) is 89.4 Å². The third-order valence-corrected chi connectivity index (χ3v) is 4.79. The molecule has 0 saturated heterocycles. The summed E-state index contributed by atoms with van der Waals surface area (Å²) in [6.45, 7) is 0. The second kappa shape index (κ2) is 8.46. The number of aromatic nitrogens is 1. The molecule has 0 fully saturated rings. The van der Waals surface area contributed by atoms with Gasteiger partial charge in [0.1, 0.15) is 10.8 Å². The van der Waals surface area contributed by atoms with E-state index in [0.717, 1.165) is 5.56 Å². The molecule has 7 heteroatoms. The zero-order valence-corrected chi connectivity index (χ0v) is 15.0. The Morgan fingerprint density at radius 1 is 1.07 bits per heavy atom. The van der Waals surface area contributed by atoms with Crippen molar-refractivity contribution in [2.75, 3.05) is 5.32 Å². The number of benzene rings is 2. The summed E-state index contributed by atoms with van der Waals surface area (Å²) in [6.07, 6.45) is 1.61. The van der Waals surface area contributed by atoms with Gasteiger partial charge in [-0.1, -0.05) is 18.2 Å². The quantitative estimate of drug-likeness (QED) is 0.635. The van der Waals surface area contributed by atoms with Crippen molar-refractivity contribution in [3.8, 4) is 0 Å². The first-order valence-corrected chi connectivity index (χ1v) is 9.05. The molecule has 5 nitrogen and oxygen atoms in total. The molecule has 1 aromatic heterocycles. The number of rotatable bonds is 6. The molecule has 0 radical (unpaired) electrons. The van der Waals surface area contributed by atoms with Crippen molar-refractivity contribution in [3.63, 3.8) is 0 Å². The summed E-state index contributed by atoms with van der Waals surface area (Å²) in [4.78, 5) is 28.2. The first kappa shape index (κ1) is 18.6. The highest BCUT2D eigenvalue weighted by Crippen LogP contribution is 2.25. The van der Waals surface area contributed by atoms with E-state index < -0.39 is 5.91 Å². The van der Waals surface area contributed by atoms with E-state index in [1.807, 2.05) is 0 Å². The van der Waals surface area contributed by atoms with E-state index in [-0.39, 0.29) is 11.7 Å². The number of nitrogens with zero attached hydrogens (tertiary/aromatic N) is 1. The smallest absolute Gasteiger partial charge is 0.258 e. The predicted molar refractivity (Wildman–Crippen MR) is 103 cm³/mol. The van der Waals surface area contributed by atoms with Crippen LogP contribution in [0.2, 0.25) is 0 Å². The number of nitrogens with two attached hydrogens (primary N) is 1. The lowest BCUT2D eigenvalue weighted by molar-refractivity contribution is 0.0995. The molecule has 2 aromatic carbocycles. The number of carbonyl (C=O) groups is 2. The third-order valence-electron chi connectivity index (χ3n) is 3.71. The monoisotopic (exact) mass is 381 g/mol. The Morgan fingerprint density at radius 2 is 1.85 bits per heavy atom. The highest BCUT2D eigenvalue weighted by atomic mass is 32.2. The molecule has 0 bridgehead atoms. The topological polar surface area (TPSA) is 85.1 Å². The second-order valence-corrected chi connectivity index (χ2v) is 6.63. The van der Waals surface area contributed by atoms with Gasteiger partial charge in [0.15, 0.2) is 0 Å². The molecular formula is C20H16FN3O2S. The van der Waals surface area contributed by atoms with E-state index in [9.17, 15) is 14.0 Å². The van der Waals surface area contributed by atoms with Gasteiger partial charge in [-0.3, -0.25) is 9.59 Å². The van der Waals surface area contributed by atoms with Crippen LogP contribution in [0.5, 0.6) is 0 Å². The van der Waals surface area contributed by atoms with Crippen molar-refractivity contribution in [1.82, 2.24) is 4.98 Å². The molecule has 2 amide bonds. The molecule has 1 heterocycles. The standard InChI is InChI=1S/C20H16FN3O2S/c21-15-8-6-13(7-9-15)12-27-20-17(5-2-10-23-20)19(26)24-16-4-1-3-14(11-16)18(22)25/h1-11H,12H2,(H2,22,25)(H,24,26). The molecule has 136 valence electrons. The molecule has 27 heavy (non-hydrogen) atoms. The van der Waals surface area contributed by atoms with Crippen LogP contribution in [0.4, 0.5) is 10.1 Å². The number of hydrogen-bond donors (Lipinski definition) is 2. The number of pyridine rings is 1. The van der Waals surface area contributed by atoms with Gasteiger partial charge in [-0.05, 0) is 48.0 Å². The molecular weight excluding hydrogens is 365 g/mol. The molecule has 3 aromatic rings. The molecule has 0 aliphatic heterocycles. The lowest BCUT2D eigenvalue weighted by Gasteiger charge is -2.10. The average molecular weight is 381 g/mol. The summed E-state index contributed by atoms with van der Waals surface area (Å²) >= 11 is 1.38. The first-order chi connectivity index (χ1) is 13.0. The van der Waals surface area contributed by atoms with E-state index in [2.05, 4.69) is 10.3 Å². The Labute approximate surface area is 159 Å². The molecule has 3 N–H and O–H groups in total. The van der Waals surface area contributed by atoms with Crippen LogP contribution in [0, 0.1) is 5.82 Å². The van der Waals surface area contributed by atoms with Gasteiger partial charge >= 0.3 is 0 Å². The molecule has 0 unspecified atom stereocenters. The Hall–Kier alpha value is -3.19. The Kier molecular flexibility index (Phi) is 5.83. The van der Waals surface area contributed by atoms with Gasteiger partial charge < -0.3 is 11.1 Å². The van der Waals surface area contributed by atoms with E-state index in [1.54, 1.807) is 48.7 Å². The maximum atomic E-state index is 13.0. The molecule has 0 atom stereocenters. The number of primary amides is 1. The molecule has 3 rings (SSSR count). The number of thioether (sulfide) groups is 1. The summed E-state index contributed by atoms with van der Waals surface area (Å²) in [5, 5.41) is 3.31. The van der Waals surface area contributed by atoms with Crippen molar-refractivity contribution < 1.29 is 14.0 Å². The van der Waals surface area contributed by atoms with Crippen LogP contribution in [0.25, 0.3) is 0 Å². The van der Waals surface area contributed by atoms with Crippen LogP contribution in [-0.4, -0.2) is 16.8 Å². The highest BCUT2D eigenvalue weighted by Gasteiger charge is 2.14. The third kappa shape index (κ3) is 4.92. The van der Waals surface area contributed by atoms with Crippen LogP contribution in [-0.2, 0) is 5.75 Å².